The molecule has 3 atom stereocenters. The lowest BCUT2D eigenvalue weighted by molar-refractivity contribution is -0.153. The number of carbonyl (C=O) groups is 3. The Hall–Kier alpha value is -3.84. The van der Waals surface area contributed by atoms with Crippen LogP contribution in [0.4, 0.5) is 8.78 Å². The maximum Gasteiger partial charge on any atom is 0.326 e. The average molecular weight is 574 g/mol. The summed E-state index contributed by atoms with van der Waals surface area (Å²) in [5.41, 5.74) is -1.20. The number of hydrogen-bond donors (Lipinski definition) is 2. The Morgan fingerprint density at radius 2 is 1.95 bits per heavy atom. The third kappa shape index (κ3) is 5.43. The predicted octanol–water partition coefficient (Wildman–Crippen LogP) is 1.44. The van der Waals surface area contributed by atoms with Gasteiger partial charge in [0.25, 0.3) is 11.8 Å². The number of halogens is 2. The van der Waals surface area contributed by atoms with Crippen molar-refractivity contribution in [3.8, 4) is 5.75 Å². The second-order valence-corrected chi connectivity index (χ2v) is 10.8. The summed E-state index contributed by atoms with van der Waals surface area (Å²) in [4.78, 5) is 56.8. The molecule has 11 nitrogen and oxygen atoms in total. The number of likely N-dealkylation sites (N-methyl/N-ethyl adjacent to an activating group) is 1. The third-order valence-electron chi connectivity index (χ3n) is 7.97. The quantitative estimate of drug-likeness (QED) is 0.342. The lowest BCUT2D eigenvalue weighted by atomic mass is 10.1. The molecule has 1 aromatic carbocycles. The predicted molar refractivity (Wildman–Crippen MR) is 142 cm³/mol. The van der Waals surface area contributed by atoms with Crippen molar-refractivity contribution in [1.82, 2.24) is 25.0 Å². The summed E-state index contributed by atoms with van der Waals surface area (Å²) < 4.78 is 39.8. The number of pyridine rings is 1. The molecule has 3 aliphatic rings. The zero-order chi connectivity index (χ0) is 29.4. The number of nitrogens with one attached hydrogen (secondary N) is 2. The second kappa shape index (κ2) is 11.6. The van der Waals surface area contributed by atoms with Gasteiger partial charge in [0.2, 0.25) is 18.0 Å². The highest BCUT2D eigenvalue weighted by Crippen LogP contribution is 2.35. The highest BCUT2D eigenvalue weighted by molar-refractivity contribution is 5.99. The molecule has 2 fully saturated rings. The van der Waals surface area contributed by atoms with E-state index in [0.29, 0.717) is 19.2 Å². The fourth-order valence-electron chi connectivity index (χ4n) is 5.90. The van der Waals surface area contributed by atoms with Gasteiger partial charge in [-0.3, -0.25) is 24.1 Å². The maximum atomic E-state index is 14.1. The first-order valence-corrected chi connectivity index (χ1v) is 13.6. The molecule has 2 N–H and O–H groups in total. The molecule has 0 aliphatic carbocycles. The van der Waals surface area contributed by atoms with E-state index in [4.69, 9.17) is 9.47 Å². The molecule has 0 bridgehead atoms. The molecule has 0 saturated carbocycles. The molecule has 41 heavy (non-hydrogen) atoms. The first kappa shape index (κ1) is 28.7. The van der Waals surface area contributed by atoms with Crippen molar-refractivity contribution in [3.05, 3.63) is 63.1 Å². The van der Waals surface area contributed by atoms with Gasteiger partial charge in [-0.2, -0.15) is 0 Å². The summed E-state index contributed by atoms with van der Waals surface area (Å²) in [5, 5.41) is 5.34. The SMILES string of the molecule is CN[C@H](C(=O)OCOc1c2n(cc(C(=O)NCc3ccc(F)cc3F)c1=O)C[C@@H]1N(CC3CCCN31)C2=O)C(C)C. The van der Waals surface area contributed by atoms with Crippen molar-refractivity contribution in [3.63, 3.8) is 0 Å². The minimum Gasteiger partial charge on any atom is -0.451 e. The van der Waals surface area contributed by atoms with Gasteiger partial charge in [0.1, 0.15) is 29.4 Å². The van der Waals surface area contributed by atoms with Gasteiger partial charge in [0.15, 0.2) is 5.69 Å². The Morgan fingerprint density at radius 3 is 2.66 bits per heavy atom. The molecule has 2 saturated heterocycles. The van der Waals surface area contributed by atoms with Crippen LogP contribution in [0.1, 0.15) is 53.1 Å². The van der Waals surface area contributed by atoms with Crippen molar-refractivity contribution in [2.24, 2.45) is 5.92 Å². The summed E-state index contributed by atoms with van der Waals surface area (Å²) in [6.07, 6.45) is 3.06. The van der Waals surface area contributed by atoms with E-state index in [1.165, 1.54) is 16.8 Å². The van der Waals surface area contributed by atoms with E-state index in [0.717, 1.165) is 25.5 Å². The normalized spacial score (nSPS) is 20.4. The van der Waals surface area contributed by atoms with Crippen LogP contribution < -0.4 is 20.8 Å². The molecule has 0 radical (unpaired) electrons. The van der Waals surface area contributed by atoms with E-state index in [1.807, 2.05) is 13.8 Å². The number of esters is 1. The van der Waals surface area contributed by atoms with E-state index < -0.39 is 53.4 Å². The van der Waals surface area contributed by atoms with E-state index in [2.05, 4.69) is 15.5 Å². The monoisotopic (exact) mass is 573 g/mol. The first-order valence-electron chi connectivity index (χ1n) is 13.6. The number of fused-ring (bicyclic) bond motifs is 4. The number of hydrogen-bond acceptors (Lipinski definition) is 8. The van der Waals surface area contributed by atoms with Crippen LogP contribution in [0.15, 0.2) is 29.2 Å². The molecule has 0 spiro atoms. The minimum absolute atomic E-state index is 0.0290. The van der Waals surface area contributed by atoms with Gasteiger partial charge in [-0.25, -0.2) is 8.78 Å². The summed E-state index contributed by atoms with van der Waals surface area (Å²) in [6, 6.07) is 2.57. The lowest BCUT2D eigenvalue weighted by Crippen LogP contribution is -2.51. The van der Waals surface area contributed by atoms with Gasteiger partial charge in [-0.15, -0.1) is 0 Å². The van der Waals surface area contributed by atoms with Gasteiger partial charge in [-0.1, -0.05) is 19.9 Å². The summed E-state index contributed by atoms with van der Waals surface area (Å²) >= 11 is 0. The van der Waals surface area contributed by atoms with Crippen LogP contribution in [0.5, 0.6) is 5.75 Å². The standard InChI is InChI=1S/C28H33F2N5O6/c1-15(2)22(31-3)28(39)41-14-40-25-23-27(38)35-11-18-5-4-8-34(18)21(35)13-33(23)12-19(24(25)36)26(37)32-10-16-6-7-17(29)9-20(16)30/h6-7,9,12,15,18,21-22,31H,4-5,8,10-11,13-14H2,1-3H3,(H,32,37)/t18?,21-,22-/m0/s1. The van der Waals surface area contributed by atoms with Crippen molar-refractivity contribution >= 4 is 17.8 Å². The number of amides is 2. The Bertz CT molecular complexity index is 1430. The Kier molecular flexibility index (Phi) is 8.09. The number of carbonyl (C=O) groups excluding carboxylic acids is 3. The van der Waals surface area contributed by atoms with Gasteiger partial charge < -0.3 is 29.6 Å². The fourth-order valence-corrected chi connectivity index (χ4v) is 5.90. The van der Waals surface area contributed by atoms with Crippen LogP contribution in [-0.4, -0.2) is 77.3 Å². The summed E-state index contributed by atoms with van der Waals surface area (Å²) in [7, 11) is 1.62. The zero-order valence-corrected chi connectivity index (χ0v) is 23.1. The van der Waals surface area contributed by atoms with Crippen molar-refractivity contribution in [2.75, 3.05) is 26.9 Å². The molecule has 5 rings (SSSR count). The van der Waals surface area contributed by atoms with Crippen LogP contribution in [0.25, 0.3) is 0 Å². The molecule has 1 unspecified atom stereocenters. The van der Waals surface area contributed by atoms with Crippen LogP contribution in [0.2, 0.25) is 0 Å². The molecule has 13 heteroatoms. The van der Waals surface area contributed by atoms with Crippen molar-refractivity contribution < 1.29 is 32.6 Å². The fraction of sp³-hybridized carbons (Fsp3) is 0.500. The second-order valence-electron chi connectivity index (χ2n) is 10.8. The molecule has 2 aromatic rings. The van der Waals surface area contributed by atoms with Crippen LogP contribution in [0.3, 0.4) is 0 Å². The Labute approximate surface area is 235 Å². The van der Waals surface area contributed by atoms with Crippen LogP contribution in [0, 0.1) is 17.6 Å². The summed E-state index contributed by atoms with van der Waals surface area (Å²) in [5.74, 6) is -3.92. The van der Waals surface area contributed by atoms with E-state index in [-0.39, 0.29) is 41.5 Å². The summed E-state index contributed by atoms with van der Waals surface area (Å²) in [6.45, 7) is 4.39. The molecule has 2 amide bonds. The average Bonchev–Trinajstić information content (AvgIpc) is 3.52. The molecule has 220 valence electrons. The number of ether oxygens (including phenoxy) is 2. The molecule has 3 aliphatic heterocycles. The van der Waals surface area contributed by atoms with Gasteiger partial charge in [-0.05, 0) is 31.9 Å². The van der Waals surface area contributed by atoms with E-state index in [1.54, 1.807) is 11.9 Å². The highest BCUT2D eigenvalue weighted by atomic mass is 19.1. The van der Waals surface area contributed by atoms with Crippen molar-refractivity contribution in [1.29, 1.82) is 0 Å². The van der Waals surface area contributed by atoms with Crippen LogP contribution >= 0.6 is 0 Å². The number of rotatable bonds is 9. The lowest BCUT2D eigenvalue weighted by Gasteiger charge is -2.36. The topological polar surface area (TPSA) is 122 Å². The molecule has 4 heterocycles. The van der Waals surface area contributed by atoms with E-state index >= 15 is 0 Å². The minimum atomic E-state index is -0.870. The van der Waals surface area contributed by atoms with Crippen molar-refractivity contribution in [2.45, 2.75) is 58.0 Å². The molecule has 1 aromatic heterocycles. The van der Waals surface area contributed by atoms with Gasteiger partial charge in [0.05, 0.1) is 6.54 Å². The smallest absolute Gasteiger partial charge is 0.326 e. The zero-order valence-electron chi connectivity index (χ0n) is 23.1. The number of nitrogens with zero attached hydrogens (tertiary/aromatic N) is 3. The van der Waals surface area contributed by atoms with E-state index in [9.17, 15) is 28.0 Å². The van der Waals surface area contributed by atoms with Gasteiger partial charge in [0, 0.05) is 43.5 Å². The Balaban J connectivity index is 1.44. The number of benzene rings is 1. The molecular formula is C28H33F2N5O6. The van der Waals surface area contributed by atoms with Crippen LogP contribution in [-0.2, 0) is 22.6 Å². The highest BCUT2D eigenvalue weighted by Gasteiger charge is 2.48. The molecular weight excluding hydrogens is 540 g/mol. The Morgan fingerprint density at radius 1 is 1.17 bits per heavy atom. The maximum absolute atomic E-state index is 14.1. The number of aromatic nitrogens is 1. The first-order chi connectivity index (χ1) is 19.6. The third-order valence-corrected chi connectivity index (χ3v) is 7.97. The largest absolute Gasteiger partial charge is 0.451 e. The van der Waals surface area contributed by atoms with Gasteiger partial charge >= 0.3 is 5.97 Å².